The lowest BCUT2D eigenvalue weighted by atomic mass is 9.83. The van der Waals surface area contributed by atoms with Gasteiger partial charge in [-0.3, -0.25) is 0 Å². The van der Waals surface area contributed by atoms with E-state index >= 15 is 0 Å². The third-order valence-corrected chi connectivity index (χ3v) is 4.42. The van der Waals surface area contributed by atoms with Crippen LogP contribution in [-0.2, 0) is 6.42 Å². The van der Waals surface area contributed by atoms with Gasteiger partial charge in [0.05, 0.1) is 7.11 Å². The van der Waals surface area contributed by atoms with Gasteiger partial charge in [0.15, 0.2) is 0 Å². The van der Waals surface area contributed by atoms with Gasteiger partial charge in [0.1, 0.15) is 5.75 Å². The van der Waals surface area contributed by atoms with Crippen LogP contribution in [0.15, 0.2) is 12.1 Å². The molecule has 0 heterocycles. The van der Waals surface area contributed by atoms with E-state index in [0.29, 0.717) is 11.5 Å². The molecule has 0 spiro atoms. The van der Waals surface area contributed by atoms with Crippen molar-refractivity contribution in [3.63, 3.8) is 0 Å². The number of rotatable bonds is 3. The highest BCUT2D eigenvalue weighted by molar-refractivity contribution is 6.31. The Balaban J connectivity index is 2.52. The molecule has 1 aromatic rings. The monoisotopic (exact) mass is 281 g/mol. The standard InChI is InChI=1S/C16H24ClNO/c1-5-18-13-10-16(2,3)9-8-11-14(19-4)7-6-12(17)15(11)13/h6-7,13,18H,5,8-10H2,1-4H3. The molecule has 0 saturated carbocycles. The Morgan fingerprint density at radius 3 is 2.79 bits per heavy atom. The molecule has 19 heavy (non-hydrogen) atoms. The highest BCUT2D eigenvalue weighted by atomic mass is 35.5. The second kappa shape index (κ2) is 5.72. The van der Waals surface area contributed by atoms with Gasteiger partial charge >= 0.3 is 0 Å². The zero-order valence-electron chi connectivity index (χ0n) is 12.3. The maximum Gasteiger partial charge on any atom is 0.122 e. The second-order valence-corrected chi connectivity index (χ2v) is 6.53. The van der Waals surface area contributed by atoms with Crippen LogP contribution in [0.1, 0.15) is 50.8 Å². The molecule has 0 aliphatic heterocycles. The molecule has 106 valence electrons. The van der Waals surface area contributed by atoms with Crippen molar-refractivity contribution in [3.8, 4) is 5.75 Å². The fraction of sp³-hybridized carbons (Fsp3) is 0.625. The van der Waals surface area contributed by atoms with Crippen LogP contribution in [0, 0.1) is 5.41 Å². The maximum atomic E-state index is 6.47. The summed E-state index contributed by atoms with van der Waals surface area (Å²) in [5.74, 6) is 0.972. The fourth-order valence-corrected chi connectivity index (χ4v) is 3.39. The van der Waals surface area contributed by atoms with Crippen LogP contribution >= 0.6 is 11.6 Å². The molecule has 0 aromatic heterocycles. The van der Waals surface area contributed by atoms with Gasteiger partial charge in [0.25, 0.3) is 0 Å². The summed E-state index contributed by atoms with van der Waals surface area (Å²) in [6.07, 6.45) is 3.31. The summed E-state index contributed by atoms with van der Waals surface area (Å²) in [7, 11) is 1.74. The van der Waals surface area contributed by atoms with Crippen molar-refractivity contribution in [1.29, 1.82) is 0 Å². The lowest BCUT2D eigenvalue weighted by molar-refractivity contribution is 0.275. The third kappa shape index (κ3) is 3.06. The van der Waals surface area contributed by atoms with Gasteiger partial charge in [-0.15, -0.1) is 0 Å². The second-order valence-electron chi connectivity index (χ2n) is 6.12. The van der Waals surface area contributed by atoms with E-state index in [1.54, 1.807) is 7.11 Å². The van der Waals surface area contributed by atoms with Crippen molar-refractivity contribution in [2.75, 3.05) is 13.7 Å². The normalized spacial score (nSPS) is 21.6. The minimum atomic E-state index is 0.320. The predicted molar refractivity (Wildman–Crippen MR) is 81.1 cm³/mol. The van der Waals surface area contributed by atoms with E-state index in [2.05, 4.69) is 26.1 Å². The first-order valence-electron chi connectivity index (χ1n) is 7.07. The van der Waals surface area contributed by atoms with Crippen molar-refractivity contribution in [3.05, 3.63) is 28.3 Å². The van der Waals surface area contributed by atoms with Crippen LogP contribution in [-0.4, -0.2) is 13.7 Å². The number of hydrogen-bond acceptors (Lipinski definition) is 2. The Bertz CT molecular complexity index is 456. The molecule has 1 aromatic carbocycles. The van der Waals surface area contributed by atoms with Gasteiger partial charge in [-0.05, 0) is 48.9 Å². The number of methoxy groups -OCH3 is 1. The molecule has 1 N–H and O–H groups in total. The van der Waals surface area contributed by atoms with E-state index in [4.69, 9.17) is 16.3 Å². The minimum Gasteiger partial charge on any atom is -0.496 e. The topological polar surface area (TPSA) is 21.3 Å². The van der Waals surface area contributed by atoms with Gasteiger partial charge < -0.3 is 10.1 Å². The Kier molecular flexibility index (Phi) is 4.42. The molecule has 0 saturated heterocycles. The Labute approximate surface area is 121 Å². The number of nitrogens with one attached hydrogen (secondary N) is 1. The maximum absolute atomic E-state index is 6.47. The lowest BCUT2D eigenvalue weighted by Crippen LogP contribution is -2.26. The molecule has 2 nitrogen and oxygen atoms in total. The molecular formula is C16H24ClNO. The highest BCUT2D eigenvalue weighted by Gasteiger charge is 2.31. The molecule has 1 atom stereocenters. The van der Waals surface area contributed by atoms with Crippen LogP contribution in [0.3, 0.4) is 0 Å². The van der Waals surface area contributed by atoms with Crippen molar-refractivity contribution in [1.82, 2.24) is 5.32 Å². The average Bonchev–Trinajstić information content (AvgIpc) is 2.48. The summed E-state index contributed by atoms with van der Waals surface area (Å²) >= 11 is 6.47. The van der Waals surface area contributed by atoms with Gasteiger partial charge in [-0.2, -0.15) is 0 Å². The molecular weight excluding hydrogens is 258 g/mol. The summed E-state index contributed by atoms with van der Waals surface area (Å²) in [5.41, 5.74) is 2.85. The quantitative estimate of drug-likeness (QED) is 0.831. The zero-order chi connectivity index (χ0) is 14.0. The number of hydrogen-bond donors (Lipinski definition) is 1. The van der Waals surface area contributed by atoms with Crippen LogP contribution in [0.4, 0.5) is 0 Å². The fourth-order valence-electron chi connectivity index (χ4n) is 3.08. The first-order chi connectivity index (χ1) is 8.98. The van der Waals surface area contributed by atoms with Gasteiger partial charge in [-0.25, -0.2) is 0 Å². The molecule has 1 aliphatic carbocycles. The summed E-state index contributed by atoms with van der Waals surface area (Å²) in [6.45, 7) is 7.77. The summed E-state index contributed by atoms with van der Waals surface area (Å²) in [4.78, 5) is 0. The van der Waals surface area contributed by atoms with E-state index in [9.17, 15) is 0 Å². The number of halogens is 1. The van der Waals surface area contributed by atoms with Crippen LogP contribution in [0.2, 0.25) is 5.02 Å². The van der Waals surface area contributed by atoms with Gasteiger partial charge in [-0.1, -0.05) is 32.4 Å². The third-order valence-electron chi connectivity index (χ3n) is 4.09. The largest absolute Gasteiger partial charge is 0.496 e. The first-order valence-corrected chi connectivity index (χ1v) is 7.45. The Hall–Kier alpha value is -0.730. The number of ether oxygens (including phenoxy) is 1. The lowest BCUT2D eigenvalue weighted by Gasteiger charge is -2.28. The van der Waals surface area contributed by atoms with Crippen LogP contribution in [0.5, 0.6) is 5.75 Å². The Morgan fingerprint density at radius 2 is 2.16 bits per heavy atom. The van der Waals surface area contributed by atoms with E-state index < -0.39 is 0 Å². The SMILES string of the molecule is CCNC1CC(C)(C)CCc2c(OC)ccc(Cl)c21. The van der Waals surface area contributed by atoms with Crippen molar-refractivity contribution >= 4 is 11.6 Å². The van der Waals surface area contributed by atoms with E-state index in [1.165, 1.54) is 17.5 Å². The molecule has 0 fully saturated rings. The van der Waals surface area contributed by atoms with Crippen molar-refractivity contribution < 1.29 is 4.74 Å². The van der Waals surface area contributed by atoms with E-state index in [0.717, 1.165) is 30.2 Å². The zero-order valence-corrected chi connectivity index (χ0v) is 13.1. The van der Waals surface area contributed by atoms with Gasteiger partial charge in [0, 0.05) is 16.6 Å². The van der Waals surface area contributed by atoms with Crippen molar-refractivity contribution in [2.24, 2.45) is 5.41 Å². The smallest absolute Gasteiger partial charge is 0.122 e. The van der Waals surface area contributed by atoms with E-state index in [-0.39, 0.29) is 0 Å². The average molecular weight is 282 g/mol. The molecule has 0 radical (unpaired) electrons. The van der Waals surface area contributed by atoms with Crippen LogP contribution in [0.25, 0.3) is 0 Å². The van der Waals surface area contributed by atoms with E-state index in [1.807, 2.05) is 12.1 Å². The number of benzene rings is 1. The molecule has 0 amide bonds. The molecule has 0 bridgehead atoms. The minimum absolute atomic E-state index is 0.320. The summed E-state index contributed by atoms with van der Waals surface area (Å²) in [5, 5.41) is 4.45. The number of fused-ring (bicyclic) bond motifs is 1. The highest BCUT2D eigenvalue weighted by Crippen LogP contribution is 2.44. The van der Waals surface area contributed by atoms with Crippen LogP contribution < -0.4 is 10.1 Å². The first kappa shape index (κ1) is 14.7. The molecule has 1 aliphatic rings. The summed E-state index contributed by atoms with van der Waals surface area (Å²) < 4.78 is 5.53. The van der Waals surface area contributed by atoms with Crippen molar-refractivity contribution in [2.45, 2.75) is 46.1 Å². The molecule has 1 unspecified atom stereocenters. The molecule has 3 heteroatoms. The Morgan fingerprint density at radius 1 is 1.42 bits per heavy atom. The predicted octanol–water partition coefficient (Wildman–Crippen LogP) is 4.36. The summed E-state index contributed by atoms with van der Waals surface area (Å²) in [6, 6.07) is 4.27. The van der Waals surface area contributed by atoms with Gasteiger partial charge in [0.2, 0.25) is 0 Å². The molecule has 2 rings (SSSR count).